The van der Waals surface area contributed by atoms with E-state index in [0.717, 1.165) is 0 Å². The maximum Gasteiger partial charge on any atom is 0.0453 e. The van der Waals surface area contributed by atoms with Gasteiger partial charge in [-0.2, -0.15) is 0 Å². The zero-order valence-electron chi connectivity index (χ0n) is 12.2. The number of aromatic nitrogens is 2. The first-order valence-electron chi connectivity index (χ1n) is 6.91. The Morgan fingerprint density at radius 2 is 1.20 bits per heavy atom. The molecule has 0 N–H and O–H groups in total. The summed E-state index contributed by atoms with van der Waals surface area (Å²) >= 11 is 0. The molecule has 2 heterocycles. The highest BCUT2D eigenvalue weighted by Gasteiger charge is 2.32. The van der Waals surface area contributed by atoms with E-state index in [9.17, 15) is 0 Å². The summed E-state index contributed by atoms with van der Waals surface area (Å²) in [6.45, 7) is 2.30. The van der Waals surface area contributed by atoms with E-state index in [2.05, 4.69) is 97.4 Å². The van der Waals surface area contributed by atoms with E-state index in [1.165, 1.54) is 16.7 Å². The van der Waals surface area contributed by atoms with Gasteiger partial charge in [-0.15, -0.1) is 0 Å². The van der Waals surface area contributed by atoms with Gasteiger partial charge in [0, 0.05) is 44.3 Å². The first-order valence-corrected chi connectivity index (χ1v) is 6.91. The zero-order valence-corrected chi connectivity index (χ0v) is 12.2. The highest BCUT2D eigenvalue weighted by atomic mass is 14.9. The summed E-state index contributed by atoms with van der Waals surface area (Å²) in [6.07, 6.45) is 8.64. The fourth-order valence-electron chi connectivity index (χ4n) is 2.87. The van der Waals surface area contributed by atoms with Gasteiger partial charge in [0.05, 0.1) is 0 Å². The fourth-order valence-corrected chi connectivity index (χ4v) is 2.87. The third-order valence-electron chi connectivity index (χ3n) is 4.17. The lowest BCUT2D eigenvalue weighted by atomic mass is 9.73. The molecule has 0 saturated carbocycles. The Morgan fingerprint density at radius 3 is 1.60 bits per heavy atom. The molecule has 3 aromatic rings. The van der Waals surface area contributed by atoms with Crippen molar-refractivity contribution in [2.24, 2.45) is 14.1 Å². The second kappa shape index (κ2) is 4.71. The lowest BCUT2D eigenvalue weighted by Gasteiger charge is -2.29. The van der Waals surface area contributed by atoms with Crippen molar-refractivity contribution in [1.29, 1.82) is 0 Å². The van der Waals surface area contributed by atoms with Gasteiger partial charge < -0.3 is 9.13 Å². The molecule has 0 atom stereocenters. The minimum absolute atomic E-state index is 0.121. The Labute approximate surface area is 120 Å². The zero-order chi connectivity index (χ0) is 14.2. The number of aryl methyl sites for hydroxylation is 2. The molecule has 2 aromatic heterocycles. The Morgan fingerprint density at radius 1 is 0.700 bits per heavy atom. The highest BCUT2D eigenvalue weighted by Crippen LogP contribution is 2.38. The molecule has 0 spiro atoms. The van der Waals surface area contributed by atoms with Crippen LogP contribution in [0.5, 0.6) is 0 Å². The van der Waals surface area contributed by atoms with E-state index < -0.39 is 0 Å². The number of benzene rings is 1. The van der Waals surface area contributed by atoms with E-state index in [-0.39, 0.29) is 5.41 Å². The molecule has 0 fully saturated rings. The third-order valence-corrected chi connectivity index (χ3v) is 4.17. The minimum Gasteiger partial charge on any atom is -0.357 e. The molecular weight excluding hydrogens is 244 g/mol. The van der Waals surface area contributed by atoms with E-state index >= 15 is 0 Å². The van der Waals surface area contributed by atoms with Crippen LogP contribution in [-0.4, -0.2) is 9.13 Å². The summed E-state index contributed by atoms with van der Waals surface area (Å²) in [4.78, 5) is 0. The van der Waals surface area contributed by atoms with Crippen LogP contribution in [0.1, 0.15) is 23.6 Å². The minimum atomic E-state index is -0.121. The predicted octanol–water partition coefficient (Wildman–Crippen LogP) is 3.72. The van der Waals surface area contributed by atoms with Gasteiger partial charge in [-0.1, -0.05) is 30.3 Å². The van der Waals surface area contributed by atoms with Crippen molar-refractivity contribution in [3.05, 3.63) is 83.9 Å². The standard InChI is InChI=1S/C18H20N2/c1-18(15-7-5-4-6-8-15,16-9-11-19(2)13-16)17-10-12-20(3)14-17/h4-14H,1-3H3. The Hall–Kier alpha value is -2.22. The van der Waals surface area contributed by atoms with Crippen molar-refractivity contribution in [2.75, 3.05) is 0 Å². The van der Waals surface area contributed by atoms with Gasteiger partial charge in [-0.3, -0.25) is 0 Å². The van der Waals surface area contributed by atoms with E-state index in [1.807, 2.05) is 0 Å². The van der Waals surface area contributed by atoms with E-state index in [1.54, 1.807) is 0 Å². The smallest absolute Gasteiger partial charge is 0.0453 e. The molecule has 102 valence electrons. The second-order valence-corrected chi connectivity index (χ2v) is 5.62. The average molecular weight is 264 g/mol. The van der Waals surface area contributed by atoms with Gasteiger partial charge in [-0.25, -0.2) is 0 Å². The molecule has 0 unspecified atom stereocenters. The van der Waals surface area contributed by atoms with E-state index in [4.69, 9.17) is 0 Å². The van der Waals surface area contributed by atoms with Crippen LogP contribution >= 0.6 is 0 Å². The number of hydrogen-bond donors (Lipinski definition) is 0. The number of nitrogens with zero attached hydrogens (tertiary/aromatic N) is 2. The van der Waals surface area contributed by atoms with Crippen LogP contribution in [0, 0.1) is 0 Å². The van der Waals surface area contributed by atoms with Crippen LogP contribution < -0.4 is 0 Å². The van der Waals surface area contributed by atoms with Crippen LogP contribution in [0.3, 0.4) is 0 Å². The van der Waals surface area contributed by atoms with Gasteiger partial charge in [0.1, 0.15) is 0 Å². The molecule has 0 saturated heterocycles. The van der Waals surface area contributed by atoms with Crippen molar-refractivity contribution in [3.8, 4) is 0 Å². The van der Waals surface area contributed by atoms with Crippen LogP contribution in [0.2, 0.25) is 0 Å². The van der Waals surface area contributed by atoms with Crippen LogP contribution in [0.15, 0.2) is 67.3 Å². The summed E-state index contributed by atoms with van der Waals surface area (Å²) in [5.74, 6) is 0. The molecule has 0 amide bonds. The van der Waals surface area contributed by atoms with Crippen molar-refractivity contribution in [1.82, 2.24) is 9.13 Å². The lowest BCUT2D eigenvalue weighted by molar-refractivity contribution is 0.687. The SMILES string of the molecule is Cn1ccc(C(C)(c2ccccc2)c2ccn(C)c2)c1. The summed E-state index contributed by atoms with van der Waals surface area (Å²) in [5, 5.41) is 0. The average Bonchev–Trinajstić information content (AvgIpc) is 3.08. The van der Waals surface area contributed by atoms with Crippen molar-refractivity contribution in [2.45, 2.75) is 12.3 Å². The van der Waals surface area contributed by atoms with Gasteiger partial charge in [-0.05, 0) is 35.7 Å². The maximum atomic E-state index is 2.30. The van der Waals surface area contributed by atoms with Crippen molar-refractivity contribution in [3.63, 3.8) is 0 Å². The van der Waals surface area contributed by atoms with Crippen molar-refractivity contribution >= 4 is 0 Å². The molecule has 0 aliphatic rings. The molecule has 3 rings (SSSR count). The first-order chi connectivity index (χ1) is 9.60. The quantitative estimate of drug-likeness (QED) is 0.682. The van der Waals surface area contributed by atoms with Gasteiger partial charge >= 0.3 is 0 Å². The Bertz CT molecular complexity index is 664. The maximum absolute atomic E-state index is 2.30. The molecule has 1 aromatic carbocycles. The first kappa shape index (κ1) is 12.8. The van der Waals surface area contributed by atoms with Crippen LogP contribution in [-0.2, 0) is 19.5 Å². The van der Waals surface area contributed by atoms with Gasteiger partial charge in [0.15, 0.2) is 0 Å². The van der Waals surface area contributed by atoms with E-state index in [0.29, 0.717) is 0 Å². The molecule has 2 nitrogen and oxygen atoms in total. The largest absolute Gasteiger partial charge is 0.357 e. The lowest BCUT2D eigenvalue weighted by Crippen LogP contribution is -2.24. The summed E-state index contributed by atoms with van der Waals surface area (Å²) in [5.41, 5.74) is 3.83. The molecule has 20 heavy (non-hydrogen) atoms. The monoisotopic (exact) mass is 264 g/mol. The number of hydrogen-bond acceptors (Lipinski definition) is 0. The predicted molar refractivity (Wildman–Crippen MR) is 82.8 cm³/mol. The van der Waals surface area contributed by atoms with Crippen molar-refractivity contribution < 1.29 is 0 Å². The number of rotatable bonds is 3. The molecule has 0 aliphatic heterocycles. The third kappa shape index (κ3) is 1.97. The van der Waals surface area contributed by atoms with Crippen LogP contribution in [0.25, 0.3) is 0 Å². The normalized spacial score (nSPS) is 11.8. The molecule has 0 aliphatic carbocycles. The Kier molecular flexibility index (Phi) is 3.01. The molecule has 2 heteroatoms. The van der Waals surface area contributed by atoms with Gasteiger partial charge in [0.25, 0.3) is 0 Å². The summed E-state index contributed by atoms with van der Waals surface area (Å²) in [6, 6.07) is 15.1. The molecule has 0 bridgehead atoms. The fraction of sp³-hybridized carbons (Fsp3) is 0.222. The Balaban J connectivity index is 2.22. The van der Waals surface area contributed by atoms with Gasteiger partial charge in [0.2, 0.25) is 0 Å². The molecular formula is C18H20N2. The van der Waals surface area contributed by atoms with Crippen LogP contribution in [0.4, 0.5) is 0 Å². The summed E-state index contributed by atoms with van der Waals surface area (Å²) < 4.78 is 4.22. The molecule has 0 radical (unpaired) electrons. The second-order valence-electron chi connectivity index (χ2n) is 5.62. The topological polar surface area (TPSA) is 9.86 Å². The summed E-state index contributed by atoms with van der Waals surface area (Å²) in [7, 11) is 4.14. The highest BCUT2D eigenvalue weighted by molar-refractivity contribution is 5.48.